The lowest BCUT2D eigenvalue weighted by molar-refractivity contribution is 0.489. The Morgan fingerprint density at radius 1 is 0.386 bits per heavy atom. The van der Waals surface area contributed by atoms with Crippen molar-refractivity contribution in [1.29, 1.82) is 0 Å². The van der Waals surface area contributed by atoms with Gasteiger partial charge in [0.25, 0.3) is 0 Å². The molecule has 0 saturated heterocycles. The van der Waals surface area contributed by atoms with Crippen LogP contribution in [-0.2, 0) is 5.41 Å². The zero-order chi connectivity index (χ0) is 38.1. The van der Waals surface area contributed by atoms with E-state index in [4.69, 9.17) is 4.74 Å². The van der Waals surface area contributed by atoms with Crippen LogP contribution in [0.15, 0.2) is 200 Å². The van der Waals surface area contributed by atoms with Crippen molar-refractivity contribution >= 4 is 27.8 Å². The van der Waals surface area contributed by atoms with Crippen molar-refractivity contribution in [3.63, 3.8) is 0 Å². The average molecular weight is 730 g/mol. The van der Waals surface area contributed by atoms with E-state index in [0.29, 0.717) is 0 Å². The van der Waals surface area contributed by atoms with E-state index in [0.717, 1.165) is 61.9 Å². The molecule has 2 aliphatic rings. The second kappa shape index (κ2) is 13.0. The number of rotatable bonds is 5. The van der Waals surface area contributed by atoms with Crippen molar-refractivity contribution < 1.29 is 4.74 Å². The summed E-state index contributed by atoms with van der Waals surface area (Å²) < 4.78 is 7.36. The number of ether oxygens (including phenoxy) is 1. The Hall–Kier alpha value is -7.16. The molecule has 9 aromatic carbocycles. The van der Waals surface area contributed by atoms with Crippen LogP contribution < -0.4 is 9.64 Å². The third-order valence-electron chi connectivity index (χ3n) is 12.1. The monoisotopic (exact) mass is 729 g/mol. The Balaban J connectivity index is 1.17. The molecule has 1 heterocycles. The molecule has 0 atom stereocenters. The molecule has 270 valence electrons. The fourth-order valence-corrected chi connectivity index (χ4v) is 9.24. The summed E-state index contributed by atoms with van der Waals surface area (Å²) in [5, 5.41) is 2.40. The van der Waals surface area contributed by atoms with Crippen molar-refractivity contribution in [2.24, 2.45) is 0 Å². The van der Waals surface area contributed by atoms with E-state index in [1.54, 1.807) is 0 Å². The van der Waals surface area contributed by atoms with Crippen LogP contribution in [0.4, 0.5) is 17.1 Å². The molecule has 1 aliphatic heterocycles. The lowest BCUT2D eigenvalue weighted by atomic mass is 9.82. The number of hydrogen-bond donors (Lipinski definition) is 0. The summed E-state index contributed by atoms with van der Waals surface area (Å²) in [6.07, 6.45) is 0. The third-order valence-corrected chi connectivity index (χ3v) is 12.1. The molecule has 0 amide bonds. The van der Waals surface area contributed by atoms with Gasteiger partial charge in [-0.3, -0.25) is 0 Å². The molecule has 11 rings (SSSR count). The third kappa shape index (κ3) is 5.33. The summed E-state index contributed by atoms with van der Waals surface area (Å²) in [5.74, 6) is 1.66. The van der Waals surface area contributed by atoms with Gasteiger partial charge in [0.2, 0.25) is 0 Å². The first-order chi connectivity index (χ1) is 28.0. The van der Waals surface area contributed by atoms with Gasteiger partial charge in [-0.1, -0.05) is 166 Å². The molecule has 0 aromatic heterocycles. The first-order valence-electron chi connectivity index (χ1n) is 19.8. The van der Waals surface area contributed by atoms with Crippen LogP contribution in [-0.4, -0.2) is 0 Å². The van der Waals surface area contributed by atoms with Crippen molar-refractivity contribution in [1.82, 2.24) is 0 Å². The van der Waals surface area contributed by atoms with Crippen molar-refractivity contribution in [2.75, 3.05) is 4.90 Å². The molecule has 0 radical (unpaired) electrons. The second-order valence-corrected chi connectivity index (χ2v) is 15.7. The highest BCUT2D eigenvalue weighted by Gasteiger charge is 2.36. The smallest absolute Gasteiger partial charge is 0.159 e. The van der Waals surface area contributed by atoms with Crippen LogP contribution in [0.2, 0.25) is 0 Å². The number of anilines is 3. The maximum Gasteiger partial charge on any atom is 0.159 e. The maximum atomic E-state index is 7.36. The van der Waals surface area contributed by atoms with E-state index in [1.807, 2.05) is 0 Å². The molecule has 0 fully saturated rings. The lowest BCUT2D eigenvalue weighted by Gasteiger charge is -2.30. The van der Waals surface area contributed by atoms with Crippen molar-refractivity contribution in [3.8, 4) is 67.1 Å². The minimum atomic E-state index is -0.151. The SMILES string of the molecule is CC1(C)c2ccccc2-c2ccc(N(c3ccc(-c4ccccc4)cc3)c3cccc4c3Oc3cccc(-c5ccccc5)c3-c3cc5ccccc5cc3-4)cc21. The van der Waals surface area contributed by atoms with Crippen LogP contribution in [0, 0.1) is 0 Å². The molecule has 0 unspecified atom stereocenters. The number of nitrogens with zero attached hydrogens (tertiary/aromatic N) is 1. The summed E-state index contributed by atoms with van der Waals surface area (Å²) in [5.41, 5.74) is 17.4. The fourth-order valence-electron chi connectivity index (χ4n) is 9.24. The quantitative estimate of drug-likeness (QED) is 0.175. The van der Waals surface area contributed by atoms with Gasteiger partial charge in [-0.05, 0) is 115 Å². The predicted molar refractivity (Wildman–Crippen MR) is 238 cm³/mol. The minimum Gasteiger partial charge on any atom is -0.454 e. The number of hydrogen-bond acceptors (Lipinski definition) is 2. The highest BCUT2D eigenvalue weighted by molar-refractivity contribution is 6.05. The molecule has 2 nitrogen and oxygen atoms in total. The molecular formula is C55H39NO. The van der Waals surface area contributed by atoms with Crippen molar-refractivity contribution in [2.45, 2.75) is 19.3 Å². The molecule has 0 N–H and O–H groups in total. The van der Waals surface area contributed by atoms with Gasteiger partial charge >= 0.3 is 0 Å². The van der Waals surface area contributed by atoms with Gasteiger partial charge in [-0.2, -0.15) is 0 Å². The van der Waals surface area contributed by atoms with Crippen molar-refractivity contribution in [3.05, 3.63) is 211 Å². The summed E-state index contributed by atoms with van der Waals surface area (Å²) in [4.78, 5) is 2.39. The van der Waals surface area contributed by atoms with E-state index in [2.05, 4.69) is 219 Å². The van der Waals surface area contributed by atoms with Gasteiger partial charge < -0.3 is 9.64 Å². The van der Waals surface area contributed by atoms with E-state index in [-0.39, 0.29) is 5.41 Å². The van der Waals surface area contributed by atoms with Crippen LogP contribution >= 0.6 is 0 Å². The van der Waals surface area contributed by atoms with Gasteiger partial charge in [0.1, 0.15) is 5.75 Å². The van der Waals surface area contributed by atoms with E-state index in [9.17, 15) is 0 Å². The maximum absolute atomic E-state index is 7.36. The minimum absolute atomic E-state index is 0.151. The van der Waals surface area contributed by atoms with E-state index < -0.39 is 0 Å². The van der Waals surface area contributed by atoms with Gasteiger partial charge in [-0.15, -0.1) is 0 Å². The molecule has 2 heteroatoms. The molecule has 9 aromatic rings. The van der Waals surface area contributed by atoms with Crippen LogP contribution in [0.3, 0.4) is 0 Å². The Bertz CT molecular complexity index is 3000. The highest BCUT2D eigenvalue weighted by Crippen LogP contribution is 2.56. The van der Waals surface area contributed by atoms with Gasteiger partial charge in [0.15, 0.2) is 5.75 Å². The molecular weight excluding hydrogens is 691 g/mol. The van der Waals surface area contributed by atoms with Gasteiger partial charge in [-0.25, -0.2) is 0 Å². The first-order valence-corrected chi connectivity index (χ1v) is 19.8. The molecule has 1 aliphatic carbocycles. The Kier molecular flexibility index (Phi) is 7.55. The van der Waals surface area contributed by atoms with Gasteiger partial charge in [0, 0.05) is 27.9 Å². The normalized spacial score (nSPS) is 13.0. The van der Waals surface area contributed by atoms with E-state index in [1.165, 1.54) is 44.2 Å². The summed E-state index contributed by atoms with van der Waals surface area (Å²) in [6, 6.07) is 72.5. The predicted octanol–water partition coefficient (Wildman–Crippen LogP) is 15.4. The molecule has 57 heavy (non-hydrogen) atoms. The number of benzene rings is 9. The van der Waals surface area contributed by atoms with E-state index >= 15 is 0 Å². The Morgan fingerprint density at radius 3 is 1.74 bits per heavy atom. The first kappa shape index (κ1) is 33.2. The van der Waals surface area contributed by atoms with Crippen LogP contribution in [0.25, 0.3) is 66.4 Å². The molecule has 0 bridgehead atoms. The molecule has 0 spiro atoms. The average Bonchev–Trinajstić information content (AvgIpc) is 3.39. The highest BCUT2D eigenvalue weighted by atomic mass is 16.5. The van der Waals surface area contributed by atoms with Gasteiger partial charge in [0.05, 0.1) is 5.69 Å². The summed E-state index contributed by atoms with van der Waals surface area (Å²) in [7, 11) is 0. The van der Waals surface area contributed by atoms with Crippen LogP contribution in [0.5, 0.6) is 11.5 Å². The Labute approximate surface area is 333 Å². The standard InChI is InChI=1S/C55H39NO/c1-55(2)49-24-12-11-21-44(49)45-32-31-42(35-50(45)55)56(41-29-27-37(28-30-41)36-15-5-3-6-16-36)51-25-13-23-46-47-33-39-19-9-10-20-40(39)34-48(47)53-43(38-17-7-4-8-18-38)22-14-26-52(53)57-54(46)51/h3-35H,1-2H3. The zero-order valence-electron chi connectivity index (χ0n) is 31.9. The summed E-state index contributed by atoms with van der Waals surface area (Å²) >= 11 is 0. The topological polar surface area (TPSA) is 12.5 Å². The van der Waals surface area contributed by atoms with Crippen LogP contribution in [0.1, 0.15) is 25.0 Å². The second-order valence-electron chi connectivity index (χ2n) is 15.7. The lowest BCUT2D eigenvalue weighted by Crippen LogP contribution is -2.17. The zero-order valence-corrected chi connectivity index (χ0v) is 31.9. The number of fused-ring (bicyclic) bond motifs is 9. The molecule has 0 saturated carbocycles. The largest absolute Gasteiger partial charge is 0.454 e. The number of para-hydroxylation sites is 1. The fraction of sp³-hybridized carbons (Fsp3) is 0.0545. The Morgan fingerprint density at radius 2 is 0.965 bits per heavy atom. The summed E-state index contributed by atoms with van der Waals surface area (Å²) in [6.45, 7) is 4.70.